The first-order valence-electron chi connectivity index (χ1n) is 7.71. The summed E-state index contributed by atoms with van der Waals surface area (Å²) in [6.07, 6.45) is 2.89. The molecule has 0 unspecified atom stereocenters. The molecule has 0 radical (unpaired) electrons. The second-order valence-electron chi connectivity index (χ2n) is 5.66. The Morgan fingerprint density at radius 2 is 2.00 bits per heavy atom. The first-order chi connectivity index (χ1) is 10.8. The molecular weight excluding hydrogens is 282 g/mol. The fraction of sp³-hybridized carbons (Fsp3) is 0.529. The van der Waals surface area contributed by atoms with E-state index < -0.39 is 6.29 Å². The summed E-state index contributed by atoms with van der Waals surface area (Å²) in [6.45, 7) is 1.12. The van der Waals surface area contributed by atoms with Crippen LogP contribution in [0.1, 0.15) is 47.9 Å². The van der Waals surface area contributed by atoms with Crippen LogP contribution in [0.15, 0.2) is 24.3 Å². The summed E-state index contributed by atoms with van der Waals surface area (Å²) in [4.78, 5) is 12.3. The van der Waals surface area contributed by atoms with Crippen molar-refractivity contribution in [2.24, 2.45) is 5.92 Å². The molecule has 1 heterocycles. The topological polar surface area (TPSA) is 68.5 Å². The molecule has 2 atom stereocenters. The van der Waals surface area contributed by atoms with Crippen molar-refractivity contribution in [1.82, 2.24) is 0 Å². The molecule has 0 N–H and O–H groups in total. The monoisotopic (exact) mass is 301 g/mol. The number of esters is 1. The molecule has 1 saturated carbocycles. The fourth-order valence-corrected chi connectivity index (χ4v) is 2.95. The second-order valence-corrected chi connectivity index (χ2v) is 5.66. The Hall–Kier alpha value is -1.90. The summed E-state index contributed by atoms with van der Waals surface area (Å²) < 4.78 is 16.4. The zero-order chi connectivity index (χ0) is 15.4. The Kier molecular flexibility index (Phi) is 4.71. The van der Waals surface area contributed by atoms with Crippen LogP contribution < -0.4 is 0 Å². The van der Waals surface area contributed by atoms with Gasteiger partial charge < -0.3 is 14.2 Å². The van der Waals surface area contributed by atoms with E-state index in [0.29, 0.717) is 18.8 Å². The highest BCUT2D eigenvalue weighted by atomic mass is 16.7. The van der Waals surface area contributed by atoms with Crippen molar-refractivity contribution in [3.63, 3.8) is 0 Å². The van der Waals surface area contributed by atoms with Gasteiger partial charge in [-0.3, -0.25) is 0 Å². The van der Waals surface area contributed by atoms with E-state index in [1.807, 2.05) is 6.07 Å². The molecule has 3 rings (SSSR count). The summed E-state index contributed by atoms with van der Waals surface area (Å²) in [7, 11) is 0. The number of hydrogen-bond donors (Lipinski definition) is 0. The third-order valence-corrected chi connectivity index (χ3v) is 4.14. The van der Waals surface area contributed by atoms with Crippen molar-refractivity contribution in [3.8, 4) is 6.07 Å². The molecule has 0 spiro atoms. The Morgan fingerprint density at radius 1 is 1.23 bits per heavy atom. The lowest BCUT2D eigenvalue weighted by atomic mass is 9.87. The van der Waals surface area contributed by atoms with E-state index in [2.05, 4.69) is 6.07 Å². The average molecular weight is 301 g/mol. The van der Waals surface area contributed by atoms with Gasteiger partial charge in [-0.05, 0) is 31.4 Å². The van der Waals surface area contributed by atoms with E-state index in [0.717, 1.165) is 31.2 Å². The van der Waals surface area contributed by atoms with Gasteiger partial charge in [0.05, 0.1) is 30.8 Å². The van der Waals surface area contributed by atoms with Crippen LogP contribution in [-0.4, -0.2) is 25.3 Å². The van der Waals surface area contributed by atoms with Gasteiger partial charge in [-0.25, -0.2) is 4.79 Å². The zero-order valence-electron chi connectivity index (χ0n) is 12.4. The number of benzene rings is 1. The number of rotatable bonds is 3. The van der Waals surface area contributed by atoms with Crippen LogP contribution in [0.5, 0.6) is 0 Å². The molecule has 1 aliphatic carbocycles. The molecule has 5 nitrogen and oxygen atoms in total. The van der Waals surface area contributed by atoms with Gasteiger partial charge in [0, 0.05) is 5.56 Å². The largest absolute Gasteiger partial charge is 0.457 e. The van der Waals surface area contributed by atoms with E-state index in [9.17, 15) is 4.79 Å². The molecule has 1 aliphatic heterocycles. The minimum atomic E-state index is -0.408. The minimum Gasteiger partial charge on any atom is -0.457 e. The molecule has 116 valence electrons. The number of carbonyl (C=O) groups is 1. The Bertz CT molecular complexity index is 574. The average Bonchev–Trinajstić information content (AvgIpc) is 3.10. The fourth-order valence-electron chi connectivity index (χ4n) is 2.95. The molecule has 0 bridgehead atoms. The number of ether oxygens (including phenoxy) is 3. The van der Waals surface area contributed by atoms with Crippen LogP contribution in [0.4, 0.5) is 0 Å². The van der Waals surface area contributed by atoms with Crippen LogP contribution in [0.2, 0.25) is 0 Å². The second kappa shape index (κ2) is 6.91. The molecule has 0 amide bonds. The van der Waals surface area contributed by atoms with Crippen LogP contribution in [0, 0.1) is 17.2 Å². The summed E-state index contributed by atoms with van der Waals surface area (Å²) in [5, 5.41) is 9.16. The molecule has 0 aromatic heterocycles. The Labute approximate surface area is 129 Å². The van der Waals surface area contributed by atoms with Crippen molar-refractivity contribution < 1.29 is 19.0 Å². The summed E-state index contributed by atoms with van der Waals surface area (Å²) in [5.74, 6) is -0.575. The standard InChI is InChI=1S/C17H19NO4/c18-11-14-4-1-2-7-15(14)22-16(19)12-5-3-6-13(10-12)17-20-8-9-21-17/h3,5-6,10,14-15,17H,1-2,4,7-9H2/t14-,15+/m1/s1. The molecule has 5 heteroatoms. The Morgan fingerprint density at radius 3 is 2.77 bits per heavy atom. The molecule has 1 aromatic rings. The highest BCUT2D eigenvalue weighted by Gasteiger charge is 2.29. The van der Waals surface area contributed by atoms with Gasteiger partial charge in [-0.15, -0.1) is 0 Å². The van der Waals surface area contributed by atoms with Gasteiger partial charge in [-0.1, -0.05) is 18.6 Å². The van der Waals surface area contributed by atoms with Crippen LogP contribution in [0.3, 0.4) is 0 Å². The van der Waals surface area contributed by atoms with Crippen LogP contribution >= 0.6 is 0 Å². The maximum absolute atomic E-state index is 12.3. The van der Waals surface area contributed by atoms with Crippen molar-refractivity contribution in [2.45, 2.75) is 38.1 Å². The molecule has 1 aromatic carbocycles. The van der Waals surface area contributed by atoms with Gasteiger partial charge in [0.25, 0.3) is 0 Å². The van der Waals surface area contributed by atoms with Crippen molar-refractivity contribution in [3.05, 3.63) is 35.4 Å². The third-order valence-electron chi connectivity index (χ3n) is 4.14. The first-order valence-corrected chi connectivity index (χ1v) is 7.71. The van der Waals surface area contributed by atoms with Gasteiger partial charge in [0.15, 0.2) is 6.29 Å². The first kappa shape index (κ1) is 15.0. The lowest BCUT2D eigenvalue weighted by Crippen LogP contribution is -2.29. The number of hydrogen-bond acceptors (Lipinski definition) is 5. The van der Waals surface area contributed by atoms with E-state index >= 15 is 0 Å². The highest BCUT2D eigenvalue weighted by Crippen LogP contribution is 2.28. The zero-order valence-corrected chi connectivity index (χ0v) is 12.4. The maximum Gasteiger partial charge on any atom is 0.338 e. The number of nitriles is 1. The molecule has 2 aliphatic rings. The van der Waals surface area contributed by atoms with E-state index in [4.69, 9.17) is 19.5 Å². The van der Waals surface area contributed by atoms with Gasteiger partial charge >= 0.3 is 5.97 Å². The van der Waals surface area contributed by atoms with E-state index in [1.54, 1.807) is 18.2 Å². The predicted molar refractivity (Wildman–Crippen MR) is 77.9 cm³/mol. The number of carbonyl (C=O) groups excluding carboxylic acids is 1. The summed E-state index contributed by atoms with van der Waals surface area (Å²) in [6, 6.07) is 9.36. The van der Waals surface area contributed by atoms with Crippen molar-refractivity contribution in [1.29, 1.82) is 5.26 Å². The van der Waals surface area contributed by atoms with Crippen LogP contribution in [-0.2, 0) is 14.2 Å². The van der Waals surface area contributed by atoms with Gasteiger partial charge in [0.1, 0.15) is 6.10 Å². The summed E-state index contributed by atoms with van der Waals surface area (Å²) >= 11 is 0. The van der Waals surface area contributed by atoms with E-state index in [-0.39, 0.29) is 18.0 Å². The lowest BCUT2D eigenvalue weighted by molar-refractivity contribution is -0.0441. The molecule has 2 fully saturated rings. The smallest absolute Gasteiger partial charge is 0.338 e. The summed E-state index contributed by atoms with van der Waals surface area (Å²) in [5.41, 5.74) is 1.28. The SMILES string of the molecule is N#C[C@H]1CCCC[C@@H]1OC(=O)c1cccc(C2OCCO2)c1. The Balaban J connectivity index is 1.69. The van der Waals surface area contributed by atoms with Crippen molar-refractivity contribution in [2.75, 3.05) is 13.2 Å². The molecule has 22 heavy (non-hydrogen) atoms. The quantitative estimate of drug-likeness (QED) is 0.803. The number of nitrogens with zero attached hydrogens (tertiary/aromatic N) is 1. The van der Waals surface area contributed by atoms with E-state index in [1.165, 1.54) is 0 Å². The van der Waals surface area contributed by atoms with Crippen molar-refractivity contribution >= 4 is 5.97 Å². The predicted octanol–water partition coefficient (Wildman–Crippen LogP) is 2.97. The lowest BCUT2D eigenvalue weighted by Gasteiger charge is -2.26. The van der Waals surface area contributed by atoms with Gasteiger partial charge in [0.2, 0.25) is 0 Å². The maximum atomic E-state index is 12.3. The normalized spacial score (nSPS) is 25.6. The third kappa shape index (κ3) is 3.29. The minimum absolute atomic E-state index is 0.192. The van der Waals surface area contributed by atoms with Crippen LogP contribution in [0.25, 0.3) is 0 Å². The van der Waals surface area contributed by atoms with Gasteiger partial charge in [-0.2, -0.15) is 5.26 Å². The molecule has 1 saturated heterocycles. The highest BCUT2D eigenvalue weighted by molar-refractivity contribution is 5.89. The molecular formula is C17H19NO4.